The number of carboxylic acid groups (broad SMARTS) is 1. The summed E-state index contributed by atoms with van der Waals surface area (Å²) in [5, 5.41) is 8.85. The lowest BCUT2D eigenvalue weighted by Gasteiger charge is -2.29. The van der Waals surface area contributed by atoms with Crippen molar-refractivity contribution >= 4 is 23.6 Å². The topological polar surface area (TPSA) is 57.6 Å². The van der Waals surface area contributed by atoms with E-state index in [1.807, 2.05) is 13.8 Å². The smallest absolute Gasteiger partial charge is 0.327 e. The van der Waals surface area contributed by atoms with Crippen molar-refractivity contribution < 1.29 is 23.5 Å². The van der Waals surface area contributed by atoms with E-state index in [1.165, 1.54) is 11.8 Å². The lowest BCUT2D eigenvalue weighted by molar-refractivity contribution is -0.141. The van der Waals surface area contributed by atoms with Crippen molar-refractivity contribution in [1.82, 2.24) is 4.90 Å². The largest absolute Gasteiger partial charge is 0.480 e. The molecule has 1 fully saturated rings. The maximum atomic E-state index is 13.8. The van der Waals surface area contributed by atoms with E-state index in [1.54, 1.807) is 0 Å². The van der Waals surface area contributed by atoms with Gasteiger partial charge in [-0.1, -0.05) is 13.8 Å². The summed E-state index contributed by atoms with van der Waals surface area (Å²) in [5.74, 6) is -3.29. The van der Waals surface area contributed by atoms with E-state index in [0.717, 1.165) is 23.1 Å². The molecule has 1 saturated heterocycles. The van der Waals surface area contributed by atoms with Gasteiger partial charge in [-0.25, -0.2) is 13.6 Å². The zero-order valence-electron chi connectivity index (χ0n) is 11.5. The lowest BCUT2D eigenvalue weighted by Crippen LogP contribution is -2.47. The van der Waals surface area contributed by atoms with Crippen LogP contribution in [-0.4, -0.2) is 39.1 Å². The van der Waals surface area contributed by atoms with Gasteiger partial charge >= 0.3 is 5.97 Å². The van der Waals surface area contributed by atoms with Gasteiger partial charge in [0.05, 0.1) is 10.9 Å². The quantitative estimate of drug-likeness (QED) is 0.931. The fourth-order valence-electron chi connectivity index (χ4n) is 2.29. The highest BCUT2D eigenvalue weighted by Crippen LogP contribution is 2.35. The first kappa shape index (κ1) is 15.8. The van der Waals surface area contributed by atoms with E-state index in [9.17, 15) is 23.5 Å². The summed E-state index contributed by atoms with van der Waals surface area (Å²) >= 11 is 1.34. The average Bonchev–Trinajstić information content (AvgIpc) is 2.85. The summed E-state index contributed by atoms with van der Waals surface area (Å²) < 4.78 is 27.0. The number of carbonyl (C=O) groups excluding carboxylic acids is 1. The molecule has 0 radical (unpaired) electrons. The lowest BCUT2D eigenvalue weighted by atomic mass is 10.1. The Bertz CT molecular complexity index is 579. The van der Waals surface area contributed by atoms with Gasteiger partial charge in [-0.05, 0) is 24.1 Å². The van der Waals surface area contributed by atoms with Gasteiger partial charge in [0.2, 0.25) is 0 Å². The number of carboxylic acids is 1. The van der Waals surface area contributed by atoms with Crippen LogP contribution < -0.4 is 0 Å². The summed E-state index contributed by atoms with van der Waals surface area (Å²) in [4.78, 5) is 24.9. The number of nitrogens with zero attached hydrogens (tertiary/aromatic N) is 1. The molecule has 2 atom stereocenters. The van der Waals surface area contributed by atoms with Crippen molar-refractivity contribution in [1.29, 1.82) is 0 Å². The fraction of sp³-hybridized carbons (Fsp3) is 0.429. The van der Waals surface area contributed by atoms with Crippen molar-refractivity contribution in [3.63, 3.8) is 0 Å². The van der Waals surface area contributed by atoms with E-state index in [0.29, 0.717) is 0 Å². The van der Waals surface area contributed by atoms with Gasteiger partial charge in [-0.2, -0.15) is 0 Å². The van der Waals surface area contributed by atoms with Gasteiger partial charge in [-0.3, -0.25) is 4.79 Å². The first-order valence-electron chi connectivity index (χ1n) is 6.45. The number of aliphatic carboxylic acids is 1. The molecule has 1 aliphatic heterocycles. The van der Waals surface area contributed by atoms with E-state index in [-0.39, 0.29) is 17.0 Å². The van der Waals surface area contributed by atoms with E-state index in [2.05, 4.69) is 0 Å². The average molecular weight is 315 g/mol. The summed E-state index contributed by atoms with van der Waals surface area (Å²) in [6.07, 6.45) is 0. The first-order chi connectivity index (χ1) is 9.82. The van der Waals surface area contributed by atoms with Crippen LogP contribution >= 0.6 is 11.8 Å². The molecule has 1 aliphatic rings. The minimum atomic E-state index is -1.14. The molecule has 1 aromatic carbocycles. The molecule has 1 amide bonds. The Morgan fingerprint density at radius 3 is 2.62 bits per heavy atom. The molecule has 21 heavy (non-hydrogen) atoms. The summed E-state index contributed by atoms with van der Waals surface area (Å²) in [6, 6.07) is 1.56. The molecule has 1 aromatic rings. The Hall–Kier alpha value is -1.63. The number of thioether (sulfide) groups is 1. The van der Waals surface area contributed by atoms with Crippen LogP contribution in [0.5, 0.6) is 0 Å². The van der Waals surface area contributed by atoms with Gasteiger partial charge < -0.3 is 10.0 Å². The van der Waals surface area contributed by atoms with Crippen LogP contribution in [0.15, 0.2) is 18.2 Å². The number of carbonyl (C=O) groups is 2. The van der Waals surface area contributed by atoms with Crippen LogP contribution in [0.1, 0.15) is 24.2 Å². The Kier molecular flexibility index (Phi) is 4.51. The van der Waals surface area contributed by atoms with Crippen molar-refractivity contribution in [2.75, 3.05) is 5.75 Å². The van der Waals surface area contributed by atoms with Crippen LogP contribution in [0.2, 0.25) is 0 Å². The van der Waals surface area contributed by atoms with Crippen LogP contribution in [0.3, 0.4) is 0 Å². The molecule has 0 bridgehead atoms. The van der Waals surface area contributed by atoms with Crippen molar-refractivity contribution in [2.24, 2.45) is 5.92 Å². The highest BCUT2D eigenvalue weighted by Gasteiger charge is 2.43. The molecule has 2 rings (SSSR count). The fourth-order valence-corrected chi connectivity index (χ4v) is 3.76. The highest BCUT2D eigenvalue weighted by molar-refractivity contribution is 8.00. The number of halogens is 2. The predicted octanol–water partition coefficient (Wildman–Crippen LogP) is 2.59. The third-order valence-electron chi connectivity index (χ3n) is 3.28. The van der Waals surface area contributed by atoms with E-state index < -0.39 is 35.1 Å². The summed E-state index contributed by atoms with van der Waals surface area (Å²) in [6.45, 7) is 3.70. The van der Waals surface area contributed by atoms with Crippen LogP contribution in [0.25, 0.3) is 0 Å². The van der Waals surface area contributed by atoms with Gasteiger partial charge in [0.25, 0.3) is 5.91 Å². The van der Waals surface area contributed by atoms with E-state index >= 15 is 0 Å². The molecule has 0 aliphatic carbocycles. The Balaban J connectivity index is 2.41. The Labute approximate surface area is 125 Å². The third-order valence-corrected chi connectivity index (χ3v) is 4.90. The standard InChI is InChI=1S/C14H15F2NO3S/c1-7(2)13-17(11(6-21-13)14(19)20)12(18)9-5-8(15)3-4-10(9)16/h3-5,7,11,13H,6H2,1-2H3,(H,19,20). The number of benzene rings is 1. The molecule has 2 unspecified atom stereocenters. The van der Waals surface area contributed by atoms with Gasteiger partial charge in [-0.15, -0.1) is 11.8 Å². The van der Waals surface area contributed by atoms with Crippen molar-refractivity contribution in [3.05, 3.63) is 35.4 Å². The van der Waals surface area contributed by atoms with Crippen LogP contribution in [0, 0.1) is 17.6 Å². The molecule has 0 aromatic heterocycles. The maximum Gasteiger partial charge on any atom is 0.327 e. The molecule has 4 nitrogen and oxygen atoms in total. The molecular weight excluding hydrogens is 300 g/mol. The molecule has 0 saturated carbocycles. The summed E-state index contributed by atoms with van der Waals surface area (Å²) in [5.41, 5.74) is -0.436. The second kappa shape index (κ2) is 6.01. The second-order valence-electron chi connectivity index (χ2n) is 5.16. The number of rotatable bonds is 3. The molecule has 114 valence electrons. The highest BCUT2D eigenvalue weighted by atomic mass is 32.2. The first-order valence-corrected chi connectivity index (χ1v) is 7.50. The Morgan fingerprint density at radius 2 is 2.05 bits per heavy atom. The van der Waals surface area contributed by atoms with Crippen LogP contribution in [-0.2, 0) is 4.79 Å². The number of amides is 1. The number of hydrogen-bond acceptors (Lipinski definition) is 3. The van der Waals surface area contributed by atoms with Crippen LogP contribution in [0.4, 0.5) is 8.78 Å². The van der Waals surface area contributed by atoms with Crippen molar-refractivity contribution in [3.8, 4) is 0 Å². The minimum absolute atomic E-state index is 0.0000737. The zero-order valence-corrected chi connectivity index (χ0v) is 12.4. The third kappa shape index (κ3) is 3.02. The SMILES string of the molecule is CC(C)C1SCC(C(=O)O)N1C(=O)c1cc(F)ccc1F. The van der Waals surface area contributed by atoms with Crippen molar-refractivity contribution in [2.45, 2.75) is 25.3 Å². The second-order valence-corrected chi connectivity index (χ2v) is 6.31. The number of hydrogen-bond donors (Lipinski definition) is 1. The van der Waals surface area contributed by atoms with Gasteiger partial charge in [0.1, 0.15) is 17.7 Å². The normalized spacial score (nSPS) is 21.9. The maximum absolute atomic E-state index is 13.8. The van der Waals surface area contributed by atoms with E-state index in [4.69, 9.17) is 0 Å². The molecular formula is C14H15F2NO3S. The monoisotopic (exact) mass is 315 g/mol. The Morgan fingerprint density at radius 1 is 1.38 bits per heavy atom. The molecule has 7 heteroatoms. The molecule has 1 heterocycles. The minimum Gasteiger partial charge on any atom is -0.480 e. The van der Waals surface area contributed by atoms with Gasteiger partial charge in [0.15, 0.2) is 0 Å². The van der Waals surface area contributed by atoms with Gasteiger partial charge in [0, 0.05) is 5.75 Å². The molecule has 1 N–H and O–H groups in total. The predicted molar refractivity (Wildman–Crippen MR) is 75.0 cm³/mol. The molecule has 0 spiro atoms. The summed E-state index contributed by atoms with van der Waals surface area (Å²) in [7, 11) is 0. The zero-order chi connectivity index (χ0) is 15.7.